The molecule has 0 fully saturated rings. The van der Waals surface area contributed by atoms with Crippen LogP contribution in [-0.2, 0) is 10.2 Å². The minimum Gasteiger partial charge on any atom is -0.494 e. The molecule has 0 amide bonds. The van der Waals surface area contributed by atoms with Crippen molar-refractivity contribution in [2.45, 2.75) is 13.3 Å². The van der Waals surface area contributed by atoms with Gasteiger partial charge >= 0.3 is 0 Å². The zero-order valence-corrected chi connectivity index (χ0v) is 9.25. The molecule has 0 radical (unpaired) electrons. The summed E-state index contributed by atoms with van der Waals surface area (Å²) >= 11 is 0. The van der Waals surface area contributed by atoms with Crippen molar-refractivity contribution in [3.05, 3.63) is 24.3 Å². The summed E-state index contributed by atoms with van der Waals surface area (Å²) in [5, 5.41) is 4.84. The summed E-state index contributed by atoms with van der Waals surface area (Å²) in [5.74, 6) is 0.616. The standard InChI is InChI=1S/C9H14N2O3S/c1-2-6-14-9-5-3-4-8(7-9)11-15(10,12)13/h3-5,7,11H,2,6H2,1H3,(H2,10,12,13). The number of hydrogen-bond acceptors (Lipinski definition) is 3. The van der Waals surface area contributed by atoms with Gasteiger partial charge in [0.2, 0.25) is 0 Å². The van der Waals surface area contributed by atoms with Gasteiger partial charge in [0.05, 0.1) is 12.3 Å². The molecule has 0 saturated heterocycles. The van der Waals surface area contributed by atoms with E-state index in [0.29, 0.717) is 18.0 Å². The van der Waals surface area contributed by atoms with Gasteiger partial charge in [-0.1, -0.05) is 13.0 Å². The van der Waals surface area contributed by atoms with Crippen LogP contribution < -0.4 is 14.6 Å². The van der Waals surface area contributed by atoms with Crippen LogP contribution in [0.1, 0.15) is 13.3 Å². The fourth-order valence-corrected chi connectivity index (χ4v) is 1.49. The van der Waals surface area contributed by atoms with Crippen LogP contribution in [0.5, 0.6) is 5.75 Å². The Morgan fingerprint density at radius 2 is 2.20 bits per heavy atom. The number of nitrogens with two attached hydrogens (primary N) is 1. The zero-order valence-electron chi connectivity index (χ0n) is 8.43. The molecule has 0 spiro atoms. The molecule has 0 aliphatic carbocycles. The summed E-state index contributed by atoms with van der Waals surface area (Å²) < 4.78 is 29.0. The smallest absolute Gasteiger partial charge is 0.296 e. The number of ether oxygens (including phenoxy) is 1. The molecule has 1 aromatic rings. The average molecular weight is 230 g/mol. The van der Waals surface area contributed by atoms with Crippen molar-refractivity contribution in [3.63, 3.8) is 0 Å². The Hall–Kier alpha value is -1.27. The summed E-state index contributed by atoms with van der Waals surface area (Å²) in [7, 11) is -3.72. The van der Waals surface area contributed by atoms with E-state index in [4.69, 9.17) is 9.88 Å². The fourth-order valence-electron chi connectivity index (χ4n) is 1.03. The van der Waals surface area contributed by atoms with Gasteiger partial charge in [0.1, 0.15) is 5.75 Å². The van der Waals surface area contributed by atoms with Gasteiger partial charge in [0.25, 0.3) is 10.2 Å². The van der Waals surface area contributed by atoms with Gasteiger partial charge in [-0.3, -0.25) is 4.72 Å². The lowest BCUT2D eigenvalue weighted by atomic mass is 10.3. The Labute approximate surface area is 89.4 Å². The van der Waals surface area contributed by atoms with E-state index in [-0.39, 0.29) is 0 Å². The number of nitrogens with one attached hydrogen (secondary N) is 1. The van der Waals surface area contributed by atoms with Gasteiger partial charge in [0, 0.05) is 6.07 Å². The molecule has 0 aromatic heterocycles. The highest BCUT2D eigenvalue weighted by Crippen LogP contribution is 2.17. The van der Waals surface area contributed by atoms with Gasteiger partial charge < -0.3 is 4.74 Å². The lowest BCUT2D eigenvalue weighted by Crippen LogP contribution is -2.21. The first kappa shape index (κ1) is 11.8. The third kappa shape index (κ3) is 4.66. The first-order valence-corrected chi connectivity index (χ1v) is 6.09. The highest BCUT2D eigenvalue weighted by Gasteiger charge is 2.02. The minimum absolute atomic E-state index is 0.395. The molecule has 0 aliphatic rings. The summed E-state index contributed by atoms with van der Waals surface area (Å²) in [6.45, 7) is 2.59. The lowest BCUT2D eigenvalue weighted by molar-refractivity contribution is 0.317. The van der Waals surface area contributed by atoms with Gasteiger partial charge in [-0.15, -0.1) is 0 Å². The summed E-state index contributed by atoms with van der Waals surface area (Å²) in [6.07, 6.45) is 0.896. The normalized spacial score (nSPS) is 11.1. The van der Waals surface area contributed by atoms with Crippen LogP contribution in [0.25, 0.3) is 0 Å². The molecule has 84 valence electrons. The van der Waals surface area contributed by atoms with Crippen molar-refractivity contribution in [2.75, 3.05) is 11.3 Å². The van der Waals surface area contributed by atoms with Gasteiger partial charge in [-0.05, 0) is 18.6 Å². The van der Waals surface area contributed by atoms with Gasteiger partial charge in [-0.25, -0.2) is 5.14 Å². The Balaban J connectivity index is 2.74. The first-order chi connectivity index (χ1) is 7.01. The first-order valence-electron chi connectivity index (χ1n) is 4.54. The van der Waals surface area contributed by atoms with E-state index < -0.39 is 10.2 Å². The van der Waals surface area contributed by atoms with Crippen molar-refractivity contribution >= 4 is 15.9 Å². The second-order valence-electron chi connectivity index (χ2n) is 3.02. The van der Waals surface area contributed by atoms with Crippen LogP contribution in [0.4, 0.5) is 5.69 Å². The molecule has 0 unspecified atom stereocenters. The van der Waals surface area contributed by atoms with E-state index in [1.165, 1.54) is 0 Å². The van der Waals surface area contributed by atoms with E-state index >= 15 is 0 Å². The molecule has 0 aliphatic heterocycles. The van der Waals surface area contributed by atoms with Gasteiger partial charge in [-0.2, -0.15) is 8.42 Å². The van der Waals surface area contributed by atoms with Crippen LogP contribution in [-0.4, -0.2) is 15.0 Å². The van der Waals surface area contributed by atoms with Crippen molar-refractivity contribution in [2.24, 2.45) is 5.14 Å². The molecule has 0 atom stereocenters. The van der Waals surface area contributed by atoms with Crippen molar-refractivity contribution in [1.82, 2.24) is 0 Å². The minimum atomic E-state index is -3.72. The van der Waals surface area contributed by atoms with Crippen LogP contribution in [0.3, 0.4) is 0 Å². The second kappa shape index (κ2) is 4.99. The Bertz CT molecular complexity index is 417. The van der Waals surface area contributed by atoms with Crippen molar-refractivity contribution in [1.29, 1.82) is 0 Å². The molecule has 15 heavy (non-hydrogen) atoms. The summed E-state index contributed by atoms with van der Waals surface area (Å²) in [6, 6.07) is 6.63. The predicted octanol–water partition coefficient (Wildman–Crippen LogP) is 1.09. The third-order valence-electron chi connectivity index (χ3n) is 1.57. The van der Waals surface area contributed by atoms with E-state index in [1.54, 1.807) is 24.3 Å². The maximum absolute atomic E-state index is 10.8. The van der Waals surface area contributed by atoms with Crippen molar-refractivity contribution in [3.8, 4) is 5.75 Å². The van der Waals surface area contributed by atoms with Gasteiger partial charge in [0.15, 0.2) is 0 Å². The molecule has 0 bridgehead atoms. The van der Waals surface area contributed by atoms with Crippen molar-refractivity contribution < 1.29 is 13.2 Å². The molecule has 6 heteroatoms. The highest BCUT2D eigenvalue weighted by atomic mass is 32.2. The van der Waals surface area contributed by atoms with Crippen LogP contribution in [0.15, 0.2) is 24.3 Å². The zero-order chi connectivity index (χ0) is 11.3. The highest BCUT2D eigenvalue weighted by molar-refractivity contribution is 7.90. The molecular formula is C9H14N2O3S. The SMILES string of the molecule is CCCOc1cccc(NS(N)(=O)=O)c1. The molecule has 1 rings (SSSR count). The maximum Gasteiger partial charge on any atom is 0.296 e. The quantitative estimate of drug-likeness (QED) is 0.794. The summed E-state index contributed by atoms with van der Waals surface area (Å²) in [4.78, 5) is 0. The predicted molar refractivity (Wildman–Crippen MR) is 59.0 cm³/mol. The summed E-state index contributed by atoms with van der Waals surface area (Å²) in [5.41, 5.74) is 0.395. The van der Waals surface area contributed by atoms with Crippen LogP contribution >= 0.6 is 0 Å². The second-order valence-corrected chi connectivity index (χ2v) is 4.32. The number of anilines is 1. The fraction of sp³-hybridized carbons (Fsp3) is 0.333. The Morgan fingerprint density at radius 3 is 2.80 bits per heavy atom. The number of hydrogen-bond donors (Lipinski definition) is 2. The molecule has 1 aromatic carbocycles. The molecular weight excluding hydrogens is 216 g/mol. The topological polar surface area (TPSA) is 81.4 Å². The molecule has 5 nitrogen and oxygen atoms in total. The lowest BCUT2D eigenvalue weighted by Gasteiger charge is -2.07. The van der Waals surface area contributed by atoms with E-state index in [9.17, 15) is 8.42 Å². The maximum atomic E-state index is 10.8. The Kier molecular flexibility index (Phi) is 3.93. The molecule has 3 N–H and O–H groups in total. The number of rotatable bonds is 5. The van der Waals surface area contributed by atoms with E-state index in [2.05, 4.69) is 4.72 Å². The molecule has 0 saturated carbocycles. The Morgan fingerprint density at radius 1 is 1.47 bits per heavy atom. The average Bonchev–Trinajstić information content (AvgIpc) is 2.12. The monoisotopic (exact) mass is 230 g/mol. The number of benzene rings is 1. The largest absolute Gasteiger partial charge is 0.494 e. The third-order valence-corrected chi connectivity index (χ3v) is 2.09. The van der Waals surface area contributed by atoms with Crippen LogP contribution in [0, 0.1) is 0 Å². The molecule has 0 heterocycles. The van der Waals surface area contributed by atoms with Crippen LogP contribution in [0.2, 0.25) is 0 Å². The van der Waals surface area contributed by atoms with E-state index in [0.717, 1.165) is 6.42 Å². The van der Waals surface area contributed by atoms with E-state index in [1.807, 2.05) is 6.92 Å².